The van der Waals surface area contributed by atoms with Crippen LogP contribution in [-0.4, -0.2) is 11.9 Å². The fourth-order valence-corrected chi connectivity index (χ4v) is 6.14. The highest BCUT2D eigenvalue weighted by Gasteiger charge is 2.39. The fourth-order valence-electron chi connectivity index (χ4n) is 6.14. The van der Waals surface area contributed by atoms with Crippen LogP contribution in [0, 0.1) is 27.7 Å². The SMILES string of the molecule is Cc1cc(C2(c3cc(C)c(C(=O)Oc4ccccc4)c(C)c3)CCCC2)cc(C)c1C(=O)Oc1ccccc1. The summed E-state index contributed by atoms with van der Waals surface area (Å²) in [5.74, 6) is 0.399. The number of hydrogen-bond acceptors (Lipinski definition) is 4. The molecule has 0 N–H and O–H groups in total. The summed E-state index contributed by atoms with van der Waals surface area (Å²) < 4.78 is 11.3. The van der Waals surface area contributed by atoms with Crippen LogP contribution in [0.2, 0.25) is 0 Å². The van der Waals surface area contributed by atoms with E-state index in [2.05, 4.69) is 24.3 Å². The van der Waals surface area contributed by atoms with Gasteiger partial charge in [-0.15, -0.1) is 0 Å². The molecule has 1 aliphatic carbocycles. The Balaban J connectivity index is 1.49. The third kappa shape index (κ3) is 5.24. The zero-order valence-corrected chi connectivity index (χ0v) is 23.0. The maximum absolute atomic E-state index is 13.1. The highest BCUT2D eigenvalue weighted by molar-refractivity contribution is 5.95. The molecule has 0 aromatic heterocycles. The van der Waals surface area contributed by atoms with Gasteiger partial charge < -0.3 is 9.47 Å². The van der Waals surface area contributed by atoms with E-state index in [4.69, 9.17) is 9.47 Å². The third-order valence-electron chi connectivity index (χ3n) is 7.94. The standard InChI is InChI=1S/C35H34O4/c1-23-19-27(20-24(2)31(23)33(36)38-29-13-7-5-8-14-29)35(17-11-12-18-35)28-21-25(3)32(26(4)22-28)34(37)39-30-15-9-6-10-16-30/h5-10,13-16,19-22H,11-12,17-18H2,1-4H3. The van der Waals surface area contributed by atoms with Gasteiger partial charge in [0.2, 0.25) is 0 Å². The van der Waals surface area contributed by atoms with Gasteiger partial charge in [0.15, 0.2) is 0 Å². The number of aryl methyl sites for hydroxylation is 4. The van der Waals surface area contributed by atoms with Gasteiger partial charge in [-0.2, -0.15) is 0 Å². The Morgan fingerprint density at radius 1 is 0.564 bits per heavy atom. The molecule has 0 bridgehead atoms. The molecule has 198 valence electrons. The van der Waals surface area contributed by atoms with E-state index in [9.17, 15) is 9.59 Å². The summed E-state index contributed by atoms with van der Waals surface area (Å²) in [6.07, 6.45) is 4.30. The van der Waals surface area contributed by atoms with Gasteiger partial charge in [-0.05, 0) is 98.2 Å². The number of carbonyl (C=O) groups is 2. The number of ether oxygens (including phenoxy) is 2. The predicted octanol–water partition coefficient (Wildman–Crippen LogP) is 8.22. The second-order valence-electron chi connectivity index (χ2n) is 10.7. The Morgan fingerprint density at radius 3 is 1.23 bits per heavy atom. The van der Waals surface area contributed by atoms with Crippen molar-refractivity contribution in [2.24, 2.45) is 0 Å². The van der Waals surface area contributed by atoms with Crippen LogP contribution in [-0.2, 0) is 5.41 Å². The van der Waals surface area contributed by atoms with Gasteiger partial charge in [-0.1, -0.05) is 73.5 Å². The monoisotopic (exact) mass is 518 g/mol. The summed E-state index contributed by atoms with van der Waals surface area (Å²) in [6.45, 7) is 7.94. The van der Waals surface area contributed by atoms with Gasteiger partial charge in [-0.3, -0.25) is 0 Å². The maximum Gasteiger partial charge on any atom is 0.344 e. The van der Waals surface area contributed by atoms with Gasteiger partial charge in [-0.25, -0.2) is 9.59 Å². The first-order valence-corrected chi connectivity index (χ1v) is 13.6. The van der Waals surface area contributed by atoms with Crippen LogP contribution in [0.25, 0.3) is 0 Å². The lowest BCUT2D eigenvalue weighted by Gasteiger charge is -2.33. The molecule has 0 amide bonds. The van der Waals surface area contributed by atoms with E-state index in [1.54, 1.807) is 24.3 Å². The molecule has 4 aromatic rings. The smallest absolute Gasteiger partial charge is 0.344 e. The Labute approximate surface area is 230 Å². The normalized spacial score (nSPS) is 14.2. The third-order valence-corrected chi connectivity index (χ3v) is 7.94. The van der Waals surface area contributed by atoms with Crippen LogP contribution < -0.4 is 9.47 Å². The molecule has 0 radical (unpaired) electrons. The molecule has 5 rings (SSSR count). The minimum Gasteiger partial charge on any atom is -0.423 e. The summed E-state index contributed by atoms with van der Waals surface area (Å²) >= 11 is 0. The molecule has 0 aliphatic heterocycles. The molecular formula is C35H34O4. The second-order valence-corrected chi connectivity index (χ2v) is 10.7. The number of rotatable bonds is 6. The van der Waals surface area contributed by atoms with Crippen molar-refractivity contribution in [1.82, 2.24) is 0 Å². The first kappa shape index (κ1) is 26.4. The summed E-state index contributed by atoms with van der Waals surface area (Å²) in [7, 11) is 0. The average Bonchev–Trinajstić information content (AvgIpc) is 3.40. The molecular weight excluding hydrogens is 484 g/mol. The maximum atomic E-state index is 13.1. The minimum atomic E-state index is -0.337. The van der Waals surface area contributed by atoms with Crippen LogP contribution >= 0.6 is 0 Å². The van der Waals surface area contributed by atoms with E-state index in [0.717, 1.165) is 47.9 Å². The first-order chi connectivity index (χ1) is 18.8. The van der Waals surface area contributed by atoms with Crippen molar-refractivity contribution in [3.05, 3.63) is 129 Å². The molecule has 0 atom stereocenters. The van der Waals surface area contributed by atoms with E-state index in [1.165, 1.54) is 11.1 Å². The molecule has 4 nitrogen and oxygen atoms in total. The number of hydrogen-bond donors (Lipinski definition) is 0. The molecule has 1 aliphatic rings. The molecule has 0 saturated heterocycles. The molecule has 4 aromatic carbocycles. The number of esters is 2. The Kier molecular flexibility index (Phi) is 7.38. The zero-order valence-electron chi connectivity index (χ0n) is 23.0. The van der Waals surface area contributed by atoms with Crippen LogP contribution in [0.3, 0.4) is 0 Å². The van der Waals surface area contributed by atoms with Gasteiger partial charge in [0.25, 0.3) is 0 Å². The van der Waals surface area contributed by atoms with Crippen LogP contribution in [0.15, 0.2) is 84.9 Å². The van der Waals surface area contributed by atoms with Crippen molar-refractivity contribution < 1.29 is 19.1 Å². The van der Waals surface area contributed by atoms with E-state index in [0.29, 0.717) is 22.6 Å². The molecule has 0 spiro atoms. The van der Waals surface area contributed by atoms with Crippen LogP contribution in [0.4, 0.5) is 0 Å². The van der Waals surface area contributed by atoms with E-state index >= 15 is 0 Å². The fraction of sp³-hybridized carbons (Fsp3) is 0.257. The van der Waals surface area contributed by atoms with Crippen molar-refractivity contribution in [2.75, 3.05) is 0 Å². The molecule has 1 saturated carbocycles. The van der Waals surface area contributed by atoms with Gasteiger partial charge >= 0.3 is 11.9 Å². The molecule has 1 fully saturated rings. The second kappa shape index (κ2) is 10.9. The summed E-state index contributed by atoms with van der Waals surface area (Å²) in [5, 5.41) is 0. The van der Waals surface area contributed by atoms with Gasteiger partial charge in [0.1, 0.15) is 11.5 Å². The van der Waals surface area contributed by atoms with Crippen molar-refractivity contribution in [2.45, 2.75) is 58.8 Å². The zero-order chi connectivity index (χ0) is 27.6. The Morgan fingerprint density at radius 2 is 0.897 bits per heavy atom. The van der Waals surface area contributed by atoms with Crippen molar-refractivity contribution >= 4 is 11.9 Å². The highest BCUT2D eigenvalue weighted by Crippen LogP contribution is 2.48. The van der Waals surface area contributed by atoms with Gasteiger partial charge in [0.05, 0.1) is 11.1 Å². The number of benzene rings is 4. The summed E-state index contributed by atoms with van der Waals surface area (Å²) in [5.41, 5.74) is 7.12. The van der Waals surface area contributed by atoms with E-state index in [-0.39, 0.29) is 17.4 Å². The summed E-state index contributed by atoms with van der Waals surface area (Å²) in [4.78, 5) is 26.2. The average molecular weight is 519 g/mol. The van der Waals surface area contributed by atoms with Crippen molar-refractivity contribution in [3.63, 3.8) is 0 Å². The quantitative estimate of drug-likeness (QED) is 0.191. The van der Waals surface area contributed by atoms with E-state index in [1.807, 2.05) is 64.1 Å². The van der Waals surface area contributed by atoms with Crippen molar-refractivity contribution in [3.8, 4) is 11.5 Å². The van der Waals surface area contributed by atoms with Crippen molar-refractivity contribution in [1.29, 1.82) is 0 Å². The van der Waals surface area contributed by atoms with Crippen LogP contribution in [0.1, 0.15) is 79.8 Å². The molecule has 0 heterocycles. The minimum absolute atomic E-state index is 0.172. The highest BCUT2D eigenvalue weighted by atomic mass is 16.5. The molecule has 39 heavy (non-hydrogen) atoms. The number of para-hydroxylation sites is 2. The lowest BCUT2D eigenvalue weighted by Crippen LogP contribution is -2.26. The lowest BCUT2D eigenvalue weighted by atomic mass is 9.71. The Hall–Kier alpha value is -4.18. The summed E-state index contributed by atoms with van der Waals surface area (Å²) in [6, 6.07) is 27.0. The lowest BCUT2D eigenvalue weighted by molar-refractivity contribution is 0.0723. The topological polar surface area (TPSA) is 52.6 Å². The molecule has 0 unspecified atom stereocenters. The predicted molar refractivity (Wildman–Crippen MR) is 154 cm³/mol. The van der Waals surface area contributed by atoms with Crippen LogP contribution in [0.5, 0.6) is 11.5 Å². The Bertz CT molecular complexity index is 1360. The van der Waals surface area contributed by atoms with E-state index < -0.39 is 0 Å². The largest absolute Gasteiger partial charge is 0.423 e. The first-order valence-electron chi connectivity index (χ1n) is 13.6. The molecule has 4 heteroatoms. The van der Waals surface area contributed by atoms with Gasteiger partial charge in [0, 0.05) is 5.41 Å². The number of carbonyl (C=O) groups excluding carboxylic acids is 2.